The number of ether oxygens (including phenoxy) is 2. The second kappa shape index (κ2) is 11.3. The van der Waals surface area contributed by atoms with Gasteiger partial charge in [0.1, 0.15) is 18.2 Å². The smallest absolute Gasteiger partial charge is 0.321 e. The minimum Gasteiger partial charge on any atom is -0.462 e. The van der Waals surface area contributed by atoms with Crippen molar-refractivity contribution in [3.8, 4) is 11.9 Å². The summed E-state index contributed by atoms with van der Waals surface area (Å²) in [5.41, 5.74) is 2.94. The minimum absolute atomic E-state index is 0.00547. The van der Waals surface area contributed by atoms with Gasteiger partial charge in [0.2, 0.25) is 11.8 Å². The number of rotatable bonds is 6. The van der Waals surface area contributed by atoms with Gasteiger partial charge >= 0.3 is 6.01 Å². The Kier molecular flexibility index (Phi) is 7.62. The highest BCUT2D eigenvalue weighted by molar-refractivity contribution is 6.36. The first-order chi connectivity index (χ1) is 19.8. The predicted octanol–water partition coefficient (Wildman–Crippen LogP) is 5.35. The molecule has 8 nitrogen and oxygen atoms in total. The van der Waals surface area contributed by atoms with E-state index in [1.807, 2.05) is 29.2 Å². The lowest BCUT2D eigenvalue weighted by Gasteiger charge is -2.41. The first-order valence-corrected chi connectivity index (χ1v) is 14.7. The summed E-state index contributed by atoms with van der Waals surface area (Å²) >= 11 is 6.69. The highest BCUT2D eigenvalue weighted by Gasteiger charge is 2.33. The van der Waals surface area contributed by atoms with Gasteiger partial charge in [0.05, 0.1) is 5.56 Å². The third-order valence-corrected chi connectivity index (χ3v) is 8.83. The monoisotopic (exact) mass is 573 g/mol. The van der Waals surface area contributed by atoms with E-state index in [9.17, 15) is 4.79 Å². The average Bonchev–Trinajstić information content (AvgIpc) is 3.39. The molecule has 6 rings (SSSR count). The fraction of sp³-hybridized carbons (Fsp3) is 0.406. The van der Waals surface area contributed by atoms with Crippen LogP contribution in [0.5, 0.6) is 11.9 Å². The number of amides is 1. The molecule has 4 heterocycles. The number of likely N-dealkylation sites (tertiary alicyclic amines) is 1. The second-order valence-corrected chi connectivity index (χ2v) is 11.7. The van der Waals surface area contributed by atoms with Crippen molar-refractivity contribution in [2.75, 3.05) is 44.7 Å². The Morgan fingerprint density at radius 3 is 2.73 bits per heavy atom. The summed E-state index contributed by atoms with van der Waals surface area (Å²) < 4.78 is 12.9. The van der Waals surface area contributed by atoms with Gasteiger partial charge < -0.3 is 24.2 Å². The standard InChI is InChI=1S/C32H36ClN5O3/c1-5-27(39)38-16-15-37(18-21(38)3)30-25-17-20(2)29(24-12-6-9-22-10-7-13-26(33)28(22)24)41-31(25)35-32(34-30)40-19-23-11-8-14-36(23)4/h5-7,9-10,12-13,21,23H,1,8,11,14-19H2,2-4H3/t21-,23?/m1/s1. The molecule has 0 saturated carbocycles. The van der Waals surface area contributed by atoms with E-state index in [0.29, 0.717) is 55.6 Å². The number of aromatic nitrogens is 2. The van der Waals surface area contributed by atoms with Gasteiger partial charge in [-0.3, -0.25) is 4.79 Å². The van der Waals surface area contributed by atoms with Gasteiger partial charge in [-0.2, -0.15) is 9.97 Å². The Balaban J connectivity index is 1.37. The van der Waals surface area contributed by atoms with Crippen LogP contribution in [-0.4, -0.2) is 77.6 Å². The van der Waals surface area contributed by atoms with E-state index in [0.717, 1.165) is 58.4 Å². The van der Waals surface area contributed by atoms with Crippen molar-refractivity contribution >= 4 is 39.9 Å². The van der Waals surface area contributed by atoms with Gasteiger partial charge in [-0.25, -0.2) is 0 Å². The van der Waals surface area contributed by atoms with Crippen LogP contribution in [0.2, 0.25) is 5.02 Å². The zero-order chi connectivity index (χ0) is 28.7. The molecule has 2 aromatic carbocycles. The summed E-state index contributed by atoms with van der Waals surface area (Å²) in [7, 11) is 2.13. The molecular weight excluding hydrogens is 538 g/mol. The van der Waals surface area contributed by atoms with Crippen LogP contribution in [-0.2, 0) is 11.2 Å². The van der Waals surface area contributed by atoms with Gasteiger partial charge in [0.15, 0.2) is 0 Å². The molecule has 3 aliphatic heterocycles. The number of fused-ring (bicyclic) bond motifs is 2. The molecular formula is C32H36ClN5O3. The molecule has 3 aliphatic rings. The molecule has 2 saturated heterocycles. The third-order valence-electron chi connectivity index (χ3n) is 8.51. The highest BCUT2D eigenvalue weighted by atomic mass is 35.5. The molecule has 0 aliphatic carbocycles. The molecule has 0 spiro atoms. The number of hydrogen-bond donors (Lipinski definition) is 0. The van der Waals surface area contributed by atoms with Gasteiger partial charge in [0.25, 0.3) is 0 Å². The van der Waals surface area contributed by atoms with Gasteiger partial charge in [-0.15, -0.1) is 0 Å². The predicted molar refractivity (Wildman–Crippen MR) is 163 cm³/mol. The molecule has 1 amide bonds. The number of nitrogens with zero attached hydrogens (tertiary/aromatic N) is 5. The Bertz CT molecular complexity index is 1530. The van der Waals surface area contributed by atoms with Crippen LogP contribution in [0.25, 0.3) is 16.5 Å². The molecule has 214 valence electrons. The van der Waals surface area contributed by atoms with Crippen LogP contribution in [0.3, 0.4) is 0 Å². The largest absolute Gasteiger partial charge is 0.462 e. The average molecular weight is 574 g/mol. The minimum atomic E-state index is -0.0490. The van der Waals surface area contributed by atoms with Gasteiger partial charge in [0, 0.05) is 54.1 Å². The Hall–Kier alpha value is -3.62. The lowest BCUT2D eigenvalue weighted by Crippen LogP contribution is -2.54. The van der Waals surface area contributed by atoms with Crippen LogP contribution < -0.4 is 14.4 Å². The summed E-state index contributed by atoms with van der Waals surface area (Å²) in [5.74, 6) is 2.02. The fourth-order valence-electron chi connectivity index (χ4n) is 6.25. The second-order valence-electron chi connectivity index (χ2n) is 11.3. The molecule has 2 fully saturated rings. The third kappa shape index (κ3) is 5.26. The Labute approximate surface area is 246 Å². The number of halogens is 1. The van der Waals surface area contributed by atoms with Crippen LogP contribution in [0, 0.1) is 0 Å². The van der Waals surface area contributed by atoms with Gasteiger partial charge in [-0.05, 0) is 63.4 Å². The maximum Gasteiger partial charge on any atom is 0.321 e. The Morgan fingerprint density at radius 2 is 2.00 bits per heavy atom. The quantitative estimate of drug-likeness (QED) is 0.368. The van der Waals surface area contributed by atoms with E-state index in [4.69, 9.17) is 31.0 Å². The Morgan fingerprint density at radius 1 is 1.20 bits per heavy atom. The molecule has 0 radical (unpaired) electrons. The molecule has 9 heteroatoms. The van der Waals surface area contributed by atoms with E-state index in [1.54, 1.807) is 0 Å². The summed E-state index contributed by atoms with van der Waals surface area (Å²) in [6.45, 7) is 11.3. The fourth-order valence-corrected chi connectivity index (χ4v) is 6.54. The maximum atomic E-state index is 12.4. The molecule has 0 bridgehead atoms. The maximum absolute atomic E-state index is 12.4. The van der Waals surface area contributed by atoms with E-state index in [1.165, 1.54) is 6.08 Å². The van der Waals surface area contributed by atoms with Crippen molar-refractivity contribution in [2.24, 2.45) is 0 Å². The number of likely N-dealkylation sites (N-methyl/N-ethyl adjacent to an activating group) is 1. The van der Waals surface area contributed by atoms with Crippen molar-refractivity contribution in [3.05, 3.63) is 70.8 Å². The van der Waals surface area contributed by atoms with Crippen molar-refractivity contribution in [1.29, 1.82) is 0 Å². The van der Waals surface area contributed by atoms with Crippen molar-refractivity contribution in [2.45, 2.75) is 45.2 Å². The number of hydrogen-bond acceptors (Lipinski definition) is 7. The molecule has 1 aromatic heterocycles. The first-order valence-electron chi connectivity index (χ1n) is 14.3. The number of carbonyl (C=O) groups is 1. The van der Waals surface area contributed by atoms with E-state index >= 15 is 0 Å². The van der Waals surface area contributed by atoms with Crippen molar-refractivity contribution < 1.29 is 14.3 Å². The van der Waals surface area contributed by atoms with Crippen molar-refractivity contribution in [1.82, 2.24) is 19.8 Å². The summed E-state index contributed by atoms with van der Waals surface area (Å²) in [6.07, 6.45) is 4.27. The molecule has 0 N–H and O–H groups in total. The molecule has 1 unspecified atom stereocenters. The zero-order valence-corrected chi connectivity index (χ0v) is 24.7. The van der Waals surface area contributed by atoms with Crippen LogP contribution in [0.4, 0.5) is 5.82 Å². The van der Waals surface area contributed by atoms with Crippen LogP contribution >= 0.6 is 11.6 Å². The number of anilines is 1. The number of piperazine rings is 1. The SMILES string of the molecule is C=CC(=O)N1CCN(c2nc(OCC3CCCN3C)nc3c2CC(C)=C(c2cccc4cccc(Cl)c24)O3)C[C@H]1C. The molecule has 2 atom stereocenters. The number of benzene rings is 2. The molecule has 41 heavy (non-hydrogen) atoms. The highest BCUT2D eigenvalue weighted by Crippen LogP contribution is 2.42. The van der Waals surface area contributed by atoms with Crippen LogP contribution in [0.1, 0.15) is 37.8 Å². The summed E-state index contributed by atoms with van der Waals surface area (Å²) in [4.78, 5) is 28.5. The van der Waals surface area contributed by atoms with E-state index < -0.39 is 0 Å². The van der Waals surface area contributed by atoms with Crippen molar-refractivity contribution in [3.63, 3.8) is 0 Å². The van der Waals surface area contributed by atoms with Crippen LogP contribution in [0.15, 0.2) is 54.6 Å². The summed E-state index contributed by atoms with van der Waals surface area (Å²) in [5, 5.41) is 2.70. The van der Waals surface area contributed by atoms with E-state index in [2.05, 4.69) is 49.4 Å². The zero-order valence-electron chi connectivity index (χ0n) is 23.9. The lowest BCUT2D eigenvalue weighted by molar-refractivity contribution is -0.128. The lowest BCUT2D eigenvalue weighted by atomic mass is 9.96. The van der Waals surface area contributed by atoms with E-state index in [-0.39, 0.29) is 11.9 Å². The number of carbonyl (C=O) groups excluding carboxylic acids is 1. The first kappa shape index (κ1) is 27.5. The topological polar surface area (TPSA) is 71.0 Å². The van der Waals surface area contributed by atoms with Gasteiger partial charge in [-0.1, -0.05) is 48.5 Å². The molecule has 3 aromatic rings. The number of allylic oxidation sites excluding steroid dienone is 1. The summed E-state index contributed by atoms with van der Waals surface area (Å²) in [6, 6.07) is 12.7. The normalized spacial score (nSPS) is 21.2.